The number of ketones is 1. The molecule has 0 aliphatic heterocycles. The summed E-state index contributed by atoms with van der Waals surface area (Å²) < 4.78 is 14.7. The van der Waals surface area contributed by atoms with Crippen molar-refractivity contribution < 1.29 is 9.18 Å². The number of Topliss-reactive ketones (excluding diaryl/α,β-unsaturated/α-hetero) is 1. The van der Waals surface area contributed by atoms with Gasteiger partial charge < -0.3 is 5.73 Å². The predicted octanol–water partition coefficient (Wildman–Crippen LogP) is 1.96. The Morgan fingerprint density at radius 1 is 1.50 bits per heavy atom. The van der Waals surface area contributed by atoms with Gasteiger partial charge in [0.25, 0.3) is 0 Å². The van der Waals surface area contributed by atoms with Crippen LogP contribution in [0.3, 0.4) is 0 Å². The number of nitrogens with two attached hydrogens (primary N) is 1. The van der Waals surface area contributed by atoms with Crippen LogP contribution in [0.15, 0.2) is 30.6 Å². The molecule has 2 aromatic rings. The average Bonchev–Trinajstić information content (AvgIpc) is 2.75. The van der Waals surface area contributed by atoms with Crippen molar-refractivity contribution in [1.82, 2.24) is 9.78 Å². The molecule has 0 saturated heterocycles. The van der Waals surface area contributed by atoms with Gasteiger partial charge in [0.1, 0.15) is 5.82 Å². The largest absolute Gasteiger partial charge is 0.398 e. The summed E-state index contributed by atoms with van der Waals surface area (Å²) in [5.74, 6) is -0.607. The van der Waals surface area contributed by atoms with Crippen LogP contribution in [0.1, 0.15) is 22.3 Å². The van der Waals surface area contributed by atoms with E-state index in [2.05, 4.69) is 5.10 Å². The molecule has 4 nitrogen and oxygen atoms in total. The van der Waals surface area contributed by atoms with Crippen LogP contribution >= 0.6 is 0 Å². The first-order valence-corrected chi connectivity index (χ1v) is 5.62. The van der Waals surface area contributed by atoms with Gasteiger partial charge in [0.2, 0.25) is 0 Å². The number of hydrogen-bond donors (Lipinski definition) is 1. The second-order valence-corrected chi connectivity index (χ2v) is 4.18. The fourth-order valence-corrected chi connectivity index (χ4v) is 1.76. The van der Waals surface area contributed by atoms with Gasteiger partial charge in [-0.25, -0.2) is 4.39 Å². The Balaban J connectivity index is 2.05. The van der Waals surface area contributed by atoms with Crippen molar-refractivity contribution in [2.24, 2.45) is 7.05 Å². The van der Waals surface area contributed by atoms with E-state index in [1.807, 2.05) is 13.2 Å². The molecule has 1 heterocycles. The van der Waals surface area contributed by atoms with E-state index in [0.29, 0.717) is 18.5 Å². The van der Waals surface area contributed by atoms with Crippen molar-refractivity contribution in [1.29, 1.82) is 0 Å². The number of rotatable bonds is 4. The van der Waals surface area contributed by atoms with Gasteiger partial charge in [-0.05, 0) is 30.2 Å². The van der Waals surface area contributed by atoms with Crippen LogP contribution < -0.4 is 5.73 Å². The number of nitrogen functional groups attached to an aromatic ring is 1. The van der Waals surface area contributed by atoms with Gasteiger partial charge in [-0.3, -0.25) is 9.48 Å². The zero-order valence-electron chi connectivity index (χ0n) is 10.1. The first-order valence-electron chi connectivity index (χ1n) is 5.62. The minimum Gasteiger partial charge on any atom is -0.398 e. The van der Waals surface area contributed by atoms with Gasteiger partial charge in [0.15, 0.2) is 5.78 Å². The third kappa shape index (κ3) is 2.74. The number of aryl methyl sites for hydroxylation is 2. The van der Waals surface area contributed by atoms with E-state index in [-0.39, 0.29) is 11.3 Å². The lowest BCUT2D eigenvalue weighted by atomic mass is 10.0. The molecular weight excluding hydrogens is 233 g/mol. The lowest BCUT2D eigenvalue weighted by Crippen LogP contribution is -2.05. The van der Waals surface area contributed by atoms with E-state index in [1.54, 1.807) is 10.9 Å². The molecule has 1 aromatic carbocycles. The average molecular weight is 247 g/mol. The number of nitrogens with zero attached hydrogens (tertiary/aromatic N) is 2. The maximum absolute atomic E-state index is 13.1. The van der Waals surface area contributed by atoms with E-state index < -0.39 is 5.82 Å². The van der Waals surface area contributed by atoms with Gasteiger partial charge in [0, 0.05) is 30.9 Å². The molecule has 0 amide bonds. The Labute approximate surface area is 104 Å². The number of benzene rings is 1. The molecule has 94 valence electrons. The molecule has 0 bridgehead atoms. The molecular formula is C13H14FN3O. The number of carbonyl (C=O) groups is 1. The molecule has 0 unspecified atom stereocenters. The molecule has 0 saturated carbocycles. The molecule has 0 radical (unpaired) electrons. The van der Waals surface area contributed by atoms with E-state index in [1.165, 1.54) is 18.2 Å². The summed E-state index contributed by atoms with van der Waals surface area (Å²) in [4.78, 5) is 11.9. The van der Waals surface area contributed by atoms with Crippen LogP contribution in [0.5, 0.6) is 0 Å². The molecule has 0 aliphatic rings. The normalized spacial score (nSPS) is 10.6. The van der Waals surface area contributed by atoms with Gasteiger partial charge in [0.05, 0.1) is 6.20 Å². The van der Waals surface area contributed by atoms with Crippen LogP contribution in [0.4, 0.5) is 10.1 Å². The summed E-state index contributed by atoms with van der Waals surface area (Å²) in [6.07, 6.45) is 4.42. The van der Waals surface area contributed by atoms with Gasteiger partial charge in [-0.15, -0.1) is 0 Å². The molecule has 5 heteroatoms. The molecule has 2 rings (SSSR count). The zero-order chi connectivity index (χ0) is 13.1. The Morgan fingerprint density at radius 3 is 2.94 bits per heavy atom. The molecule has 18 heavy (non-hydrogen) atoms. The maximum Gasteiger partial charge on any atom is 0.165 e. The van der Waals surface area contributed by atoms with Crippen LogP contribution in [-0.4, -0.2) is 15.6 Å². The molecule has 2 N–H and O–H groups in total. The Morgan fingerprint density at radius 2 is 2.28 bits per heavy atom. The fourth-order valence-electron chi connectivity index (χ4n) is 1.76. The summed E-state index contributed by atoms with van der Waals surface area (Å²) in [6.45, 7) is 0. The SMILES string of the molecule is Cn1cc(CCC(=O)c2cc(F)ccc2N)cn1. The quantitative estimate of drug-likeness (QED) is 0.663. The van der Waals surface area contributed by atoms with Crippen molar-refractivity contribution >= 4 is 11.5 Å². The number of aromatic nitrogens is 2. The highest BCUT2D eigenvalue weighted by Crippen LogP contribution is 2.16. The van der Waals surface area contributed by atoms with E-state index in [0.717, 1.165) is 5.56 Å². The standard InChI is InChI=1S/C13H14FN3O/c1-17-8-9(7-16-17)2-5-13(18)11-6-10(14)3-4-12(11)15/h3-4,6-8H,2,5,15H2,1H3. The van der Waals surface area contributed by atoms with Crippen molar-refractivity contribution in [2.45, 2.75) is 12.8 Å². The summed E-state index contributed by atoms with van der Waals surface area (Å²) in [6, 6.07) is 3.83. The fraction of sp³-hybridized carbons (Fsp3) is 0.231. The summed E-state index contributed by atoms with van der Waals surface area (Å²) in [5, 5.41) is 4.02. The first-order chi connectivity index (χ1) is 8.56. The second-order valence-electron chi connectivity index (χ2n) is 4.18. The van der Waals surface area contributed by atoms with Crippen LogP contribution in [0.25, 0.3) is 0 Å². The van der Waals surface area contributed by atoms with Crippen molar-refractivity contribution in [3.05, 3.63) is 47.5 Å². The molecule has 1 aromatic heterocycles. The molecule has 0 spiro atoms. The zero-order valence-corrected chi connectivity index (χ0v) is 10.1. The maximum atomic E-state index is 13.1. The highest BCUT2D eigenvalue weighted by molar-refractivity contribution is 6.00. The molecule has 0 fully saturated rings. The summed E-state index contributed by atoms with van der Waals surface area (Å²) in [7, 11) is 1.82. The Hall–Kier alpha value is -2.17. The second kappa shape index (κ2) is 5.00. The smallest absolute Gasteiger partial charge is 0.165 e. The highest BCUT2D eigenvalue weighted by Gasteiger charge is 2.11. The Kier molecular flexibility index (Phi) is 3.41. The molecule has 0 atom stereocenters. The first kappa shape index (κ1) is 12.3. The van der Waals surface area contributed by atoms with Gasteiger partial charge in [-0.2, -0.15) is 5.10 Å². The third-order valence-electron chi connectivity index (χ3n) is 2.71. The highest BCUT2D eigenvalue weighted by atomic mass is 19.1. The van der Waals surface area contributed by atoms with Crippen LogP contribution in [0, 0.1) is 5.82 Å². The van der Waals surface area contributed by atoms with Crippen molar-refractivity contribution in [3.8, 4) is 0 Å². The number of halogens is 1. The Bertz CT molecular complexity index is 577. The van der Waals surface area contributed by atoms with Crippen LogP contribution in [-0.2, 0) is 13.5 Å². The van der Waals surface area contributed by atoms with Gasteiger partial charge in [-0.1, -0.05) is 0 Å². The minimum absolute atomic E-state index is 0.157. The van der Waals surface area contributed by atoms with Gasteiger partial charge >= 0.3 is 0 Å². The number of carbonyl (C=O) groups excluding carboxylic acids is 1. The minimum atomic E-state index is -0.450. The van der Waals surface area contributed by atoms with E-state index in [4.69, 9.17) is 5.73 Å². The van der Waals surface area contributed by atoms with Crippen molar-refractivity contribution in [3.63, 3.8) is 0 Å². The number of hydrogen-bond acceptors (Lipinski definition) is 3. The third-order valence-corrected chi connectivity index (χ3v) is 2.71. The lowest BCUT2D eigenvalue weighted by Gasteiger charge is -2.04. The van der Waals surface area contributed by atoms with E-state index >= 15 is 0 Å². The summed E-state index contributed by atoms with van der Waals surface area (Å²) in [5.41, 5.74) is 7.19. The summed E-state index contributed by atoms with van der Waals surface area (Å²) >= 11 is 0. The monoisotopic (exact) mass is 247 g/mol. The predicted molar refractivity (Wildman–Crippen MR) is 66.7 cm³/mol. The van der Waals surface area contributed by atoms with Crippen LogP contribution in [0.2, 0.25) is 0 Å². The number of anilines is 1. The lowest BCUT2D eigenvalue weighted by molar-refractivity contribution is 0.0983. The topological polar surface area (TPSA) is 60.9 Å². The van der Waals surface area contributed by atoms with E-state index in [9.17, 15) is 9.18 Å². The van der Waals surface area contributed by atoms with Crippen molar-refractivity contribution in [2.75, 3.05) is 5.73 Å². The molecule has 0 aliphatic carbocycles.